The van der Waals surface area contributed by atoms with Crippen molar-refractivity contribution in [3.05, 3.63) is 29.8 Å². The maximum absolute atomic E-state index is 5.61. The average molecular weight is 203 g/mol. The van der Waals surface area contributed by atoms with Crippen molar-refractivity contribution in [3.63, 3.8) is 0 Å². The molecule has 0 saturated carbocycles. The Morgan fingerprint density at radius 2 is 2.20 bits per heavy atom. The maximum Gasteiger partial charge on any atom is 0.100 e. The number of aliphatic imine (C=N–C) groups is 1. The normalized spacial score (nSPS) is 15.6. The summed E-state index contributed by atoms with van der Waals surface area (Å²) < 4.78 is 0. The van der Waals surface area contributed by atoms with Crippen LogP contribution in [0.4, 0.5) is 5.69 Å². The maximum atomic E-state index is 5.61. The highest BCUT2D eigenvalue weighted by Gasteiger charge is 2.16. The minimum atomic E-state index is 0.695. The van der Waals surface area contributed by atoms with Crippen molar-refractivity contribution in [1.29, 1.82) is 0 Å². The van der Waals surface area contributed by atoms with Gasteiger partial charge in [-0.2, -0.15) is 0 Å². The van der Waals surface area contributed by atoms with Gasteiger partial charge in [0.25, 0.3) is 0 Å². The van der Waals surface area contributed by atoms with Gasteiger partial charge in [-0.05, 0) is 31.5 Å². The van der Waals surface area contributed by atoms with Crippen LogP contribution < -0.4 is 10.6 Å². The van der Waals surface area contributed by atoms with Gasteiger partial charge in [-0.25, -0.2) is 0 Å². The lowest BCUT2D eigenvalue weighted by molar-refractivity contribution is 0.949. The van der Waals surface area contributed by atoms with Gasteiger partial charge in [0, 0.05) is 12.2 Å². The molecular formula is C12H17N3. The van der Waals surface area contributed by atoms with Crippen LogP contribution in [-0.2, 0) is 6.42 Å². The molecule has 0 bridgehead atoms. The van der Waals surface area contributed by atoms with Crippen LogP contribution in [-0.4, -0.2) is 25.5 Å². The van der Waals surface area contributed by atoms with Gasteiger partial charge in [0.15, 0.2) is 0 Å². The standard InChI is InChI=1S/C12H17N3/c1-10-14-8-9-15(10)12-5-3-2-4-11(12)6-7-13/h2-5H,6-9,13H2,1H3. The van der Waals surface area contributed by atoms with E-state index in [0.717, 1.165) is 25.3 Å². The van der Waals surface area contributed by atoms with Gasteiger partial charge < -0.3 is 10.6 Å². The summed E-state index contributed by atoms with van der Waals surface area (Å²) in [6.45, 7) is 4.66. The number of amidine groups is 1. The Bertz CT molecular complexity index is 371. The summed E-state index contributed by atoms with van der Waals surface area (Å²) in [5, 5.41) is 0. The van der Waals surface area contributed by atoms with Crippen LogP contribution in [0.15, 0.2) is 29.3 Å². The first-order chi connectivity index (χ1) is 7.33. The zero-order valence-corrected chi connectivity index (χ0v) is 9.11. The molecule has 80 valence electrons. The van der Waals surface area contributed by atoms with E-state index in [1.165, 1.54) is 11.3 Å². The fraction of sp³-hybridized carbons (Fsp3) is 0.417. The Balaban J connectivity index is 2.30. The van der Waals surface area contributed by atoms with Gasteiger partial charge in [-0.3, -0.25) is 4.99 Å². The largest absolute Gasteiger partial charge is 0.330 e. The summed E-state index contributed by atoms with van der Waals surface area (Å²) in [6, 6.07) is 8.43. The summed E-state index contributed by atoms with van der Waals surface area (Å²) in [5.74, 6) is 1.11. The molecule has 0 spiro atoms. The van der Waals surface area contributed by atoms with Gasteiger partial charge in [0.2, 0.25) is 0 Å². The number of rotatable bonds is 3. The van der Waals surface area contributed by atoms with Crippen LogP contribution in [0.25, 0.3) is 0 Å². The Morgan fingerprint density at radius 1 is 1.40 bits per heavy atom. The van der Waals surface area contributed by atoms with E-state index in [-0.39, 0.29) is 0 Å². The second-order valence-electron chi connectivity index (χ2n) is 3.75. The first kappa shape index (κ1) is 10.2. The summed E-state index contributed by atoms with van der Waals surface area (Å²) in [5.41, 5.74) is 8.20. The second-order valence-corrected chi connectivity index (χ2v) is 3.75. The predicted octanol–water partition coefficient (Wildman–Crippen LogP) is 1.43. The Morgan fingerprint density at radius 3 is 2.87 bits per heavy atom. The summed E-state index contributed by atoms with van der Waals surface area (Å²) in [4.78, 5) is 6.68. The third-order valence-electron chi connectivity index (χ3n) is 2.75. The molecular weight excluding hydrogens is 186 g/mol. The topological polar surface area (TPSA) is 41.6 Å². The number of anilines is 1. The molecule has 0 amide bonds. The van der Waals surface area contributed by atoms with E-state index in [1.807, 2.05) is 0 Å². The second kappa shape index (κ2) is 4.45. The summed E-state index contributed by atoms with van der Waals surface area (Å²) in [6.07, 6.45) is 0.931. The molecule has 15 heavy (non-hydrogen) atoms. The monoisotopic (exact) mass is 203 g/mol. The Hall–Kier alpha value is -1.35. The molecule has 0 radical (unpaired) electrons. The van der Waals surface area contributed by atoms with Gasteiger partial charge >= 0.3 is 0 Å². The molecule has 1 aliphatic rings. The van der Waals surface area contributed by atoms with Crippen molar-refractivity contribution in [3.8, 4) is 0 Å². The minimum Gasteiger partial charge on any atom is -0.330 e. The molecule has 1 aromatic rings. The van der Waals surface area contributed by atoms with Gasteiger partial charge in [0.1, 0.15) is 5.84 Å². The molecule has 0 aromatic heterocycles. The smallest absolute Gasteiger partial charge is 0.100 e. The molecule has 0 unspecified atom stereocenters. The number of hydrogen-bond acceptors (Lipinski definition) is 3. The van der Waals surface area contributed by atoms with E-state index < -0.39 is 0 Å². The average Bonchev–Trinajstić information content (AvgIpc) is 2.66. The first-order valence-corrected chi connectivity index (χ1v) is 5.39. The van der Waals surface area contributed by atoms with E-state index in [1.54, 1.807) is 0 Å². The molecule has 2 rings (SSSR count). The highest BCUT2D eigenvalue weighted by Crippen LogP contribution is 2.22. The van der Waals surface area contributed by atoms with Crippen molar-refractivity contribution in [1.82, 2.24) is 0 Å². The molecule has 1 aromatic carbocycles. The van der Waals surface area contributed by atoms with E-state index >= 15 is 0 Å². The van der Waals surface area contributed by atoms with E-state index in [4.69, 9.17) is 5.73 Å². The third kappa shape index (κ3) is 2.02. The van der Waals surface area contributed by atoms with Crippen LogP contribution in [0.1, 0.15) is 12.5 Å². The predicted molar refractivity (Wildman–Crippen MR) is 64.5 cm³/mol. The molecule has 0 aliphatic carbocycles. The van der Waals surface area contributed by atoms with Crippen molar-refractivity contribution < 1.29 is 0 Å². The van der Waals surface area contributed by atoms with Gasteiger partial charge in [-0.1, -0.05) is 18.2 Å². The van der Waals surface area contributed by atoms with Crippen molar-refractivity contribution in [2.45, 2.75) is 13.3 Å². The van der Waals surface area contributed by atoms with Gasteiger partial charge in [0.05, 0.1) is 6.54 Å². The quantitative estimate of drug-likeness (QED) is 0.807. The zero-order valence-electron chi connectivity index (χ0n) is 9.11. The molecule has 2 N–H and O–H groups in total. The van der Waals surface area contributed by atoms with E-state index in [2.05, 4.69) is 41.1 Å². The Labute approximate surface area is 90.6 Å². The van der Waals surface area contributed by atoms with Crippen LogP contribution in [0.3, 0.4) is 0 Å². The highest BCUT2D eigenvalue weighted by molar-refractivity contribution is 5.98. The molecule has 3 nitrogen and oxygen atoms in total. The number of nitrogens with zero attached hydrogens (tertiary/aromatic N) is 2. The van der Waals surface area contributed by atoms with Crippen molar-refractivity contribution in [2.24, 2.45) is 10.7 Å². The molecule has 0 fully saturated rings. The van der Waals surface area contributed by atoms with Crippen LogP contribution in [0.2, 0.25) is 0 Å². The van der Waals surface area contributed by atoms with Gasteiger partial charge in [-0.15, -0.1) is 0 Å². The molecule has 0 atom stereocenters. The van der Waals surface area contributed by atoms with Crippen molar-refractivity contribution in [2.75, 3.05) is 24.5 Å². The molecule has 1 aliphatic heterocycles. The molecule has 3 heteroatoms. The first-order valence-electron chi connectivity index (χ1n) is 5.39. The lowest BCUT2D eigenvalue weighted by atomic mass is 10.1. The Kier molecular flexibility index (Phi) is 3.02. The van der Waals surface area contributed by atoms with E-state index in [9.17, 15) is 0 Å². The number of para-hydroxylation sites is 1. The third-order valence-corrected chi connectivity index (χ3v) is 2.75. The number of benzene rings is 1. The lowest BCUT2D eigenvalue weighted by Crippen LogP contribution is -2.26. The molecule has 1 heterocycles. The lowest BCUT2D eigenvalue weighted by Gasteiger charge is -2.21. The van der Waals surface area contributed by atoms with Crippen LogP contribution >= 0.6 is 0 Å². The number of nitrogens with two attached hydrogens (primary N) is 1. The van der Waals surface area contributed by atoms with Crippen LogP contribution in [0, 0.1) is 0 Å². The number of hydrogen-bond donors (Lipinski definition) is 1. The van der Waals surface area contributed by atoms with E-state index in [0.29, 0.717) is 6.54 Å². The molecule has 0 saturated heterocycles. The SMILES string of the molecule is CC1=NCCN1c1ccccc1CCN. The highest BCUT2D eigenvalue weighted by atomic mass is 15.2. The summed E-state index contributed by atoms with van der Waals surface area (Å²) in [7, 11) is 0. The fourth-order valence-electron chi connectivity index (χ4n) is 1.99. The summed E-state index contributed by atoms with van der Waals surface area (Å²) >= 11 is 0. The minimum absolute atomic E-state index is 0.695. The fourth-order valence-corrected chi connectivity index (χ4v) is 1.99. The van der Waals surface area contributed by atoms with Crippen LogP contribution in [0.5, 0.6) is 0 Å². The van der Waals surface area contributed by atoms with Crippen molar-refractivity contribution >= 4 is 11.5 Å². The zero-order chi connectivity index (χ0) is 10.7.